The van der Waals surface area contributed by atoms with E-state index < -0.39 is 0 Å². The summed E-state index contributed by atoms with van der Waals surface area (Å²) in [6, 6.07) is 5.98. The topological polar surface area (TPSA) is 30.7 Å². The van der Waals surface area contributed by atoms with Gasteiger partial charge in [0.15, 0.2) is 5.82 Å². The van der Waals surface area contributed by atoms with Crippen LogP contribution in [0.3, 0.4) is 0 Å². The van der Waals surface area contributed by atoms with Gasteiger partial charge in [-0.1, -0.05) is 0 Å². The minimum absolute atomic E-state index is 0.954. The Morgan fingerprint density at radius 1 is 1.14 bits per heavy atom. The fraction of sp³-hybridized carbons (Fsp3) is 0. The maximum absolute atomic E-state index is 4.28. The lowest BCUT2D eigenvalue weighted by Crippen LogP contribution is -1.94. The average Bonchev–Trinajstić information content (AvgIpc) is 2.88. The number of nitrogens with zero attached hydrogens (tertiary/aromatic N) is 3. The first-order valence-corrected chi connectivity index (χ1v) is 5.15. The second kappa shape index (κ2) is 2.92. The van der Waals surface area contributed by atoms with Crippen molar-refractivity contribution in [1.29, 1.82) is 0 Å². The van der Waals surface area contributed by atoms with Gasteiger partial charge in [-0.2, -0.15) is 0 Å². The minimum Gasteiger partial charge on any atom is -0.307 e. The summed E-state index contributed by atoms with van der Waals surface area (Å²) in [4.78, 5) is 8.48. The Labute approximate surface area is 84.7 Å². The molecule has 0 bridgehead atoms. The monoisotopic (exact) mass is 201 g/mol. The number of thiophene rings is 1. The van der Waals surface area contributed by atoms with Gasteiger partial charge >= 0.3 is 0 Å². The van der Waals surface area contributed by atoms with Crippen molar-refractivity contribution in [2.45, 2.75) is 0 Å². The normalized spacial score (nSPS) is 10.9. The van der Waals surface area contributed by atoms with Gasteiger partial charge in [-0.25, -0.2) is 9.97 Å². The van der Waals surface area contributed by atoms with Crippen LogP contribution < -0.4 is 0 Å². The first-order chi connectivity index (χ1) is 6.95. The van der Waals surface area contributed by atoms with Crippen LogP contribution in [0.25, 0.3) is 16.0 Å². The lowest BCUT2D eigenvalue weighted by molar-refractivity contribution is 1.01. The Morgan fingerprint density at radius 3 is 2.86 bits per heavy atom. The predicted octanol–water partition coefficient (Wildman–Crippen LogP) is 2.48. The molecule has 0 spiro atoms. The second-order valence-corrected chi connectivity index (χ2v) is 3.84. The van der Waals surface area contributed by atoms with E-state index in [1.807, 2.05) is 40.5 Å². The molecule has 0 radical (unpaired) electrons. The molecule has 0 aliphatic carbocycles. The van der Waals surface area contributed by atoms with E-state index in [1.54, 1.807) is 17.7 Å². The van der Waals surface area contributed by atoms with Crippen LogP contribution in [0.15, 0.2) is 42.3 Å². The largest absolute Gasteiger partial charge is 0.307 e. The zero-order valence-corrected chi connectivity index (χ0v) is 8.11. The number of fused-ring (bicyclic) bond motifs is 1. The minimum atomic E-state index is 0.954. The van der Waals surface area contributed by atoms with Gasteiger partial charge in [0.05, 0.1) is 10.2 Å². The Hall–Kier alpha value is -1.68. The molecule has 3 rings (SSSR count). The molecule has 0 unspecified atom stereocenters. The van der Waals surface area contributed by atoms with Gasteiger partial charge in [-0.3, -0.25) is 0 Å². The van der Waals surface area contributed by atoms with Crippen LogP contribution in [0.5, 0.6) is 0 Å². The van der Waals surface area contributed by atoms with E-state index in [-0.39, 0.29) is 0 Å². The molecule has 0 saturated heterocycles. The second-order valence-electron chi connectivity index (χ2n) is 2.92. The average molecular weight is 201 g/mol. The van der Waals surface area contributed by atoms with E-state index in [4.69, 9.17) is 0 Å². The van der Waals surface area contributed by atoms with Crippen molar-refractivity contribution in [3.63, 3.8) is 0 Å². The van der Waals surface area contributed by atoms with E-state index >= 15 is 0 Å². The highest BCUT2D eigenvalue weighted by atomic mass is 32.1. The smallest absolute Gasteiger partial charge is 0.158 e. The number of aromatic nitrogens is 3. The summed E-state index contributed by atoms with van der Waals surface area (Å²) in [7, 11) is 0. The summed E-state index contributed by atoms with van der Waals surface area (Å²) in [6.45, 7) is 0. The van der Waals surface area contributed by atoms with E-state index in [0.717, 1.165) is 16.0 Å². The Kier molecular flexibility index (Phi) is 1.61. The van der Waals surface area contributed by atoms with Crippen molar-refractivity contribution in [3.05, 3.63) is 42.3 Å². The van der Waals surface area contributed by atoms with Crippen LogP contribution >= 0.6 is 11.3 Å². The highest BCUT2D eigenvalue weighted by Gasteiger charge is 2.04. The van der Waals surface area contributed by atoms with Crippen LogP contribution in [-0.4, -0.2) is 14.5 Å². The number of hydrogen-bond acceptors (Lipinski definition) is 3. The molecule has 0 saturated carbocycles. The zero-order chi connectivity index (χ0) is 9.38. The quantitative estimate of drug-likeness (QED) is 0.605. The lowest BCUT2D eigenvalue weighted by Gasteiger charge is -2.01. The van der Waals surface area contributed by atoms with Gasteiger partial charge in [0, 0.05) is 12.4 Å². The van der Waals surface area contributed by atoms with Crippen LogP contribution in [0.2, 0.25) is 0 Å². The molecule has 0 atom stereocenters. The molecule has 3 aromatic rings. The molecule has 0 aliphatic heterocycles. The van der Waals surface area contributed by atoms with Gasteiger partial charge in [0.25, 0.3) is 0 Å². The van der Waals surface area contributed by atoms with E-state index in [9.17, 15) is 0 Å². The van der Waals surface area contributed by atoms with Gasteiger partial charge < -0.3 is 4.57 Å². The van der Waals surface area contributed by atoms with Crippen molar-refractivity contribution in [1.82, 2.24) is 14.5 Å². The SMILES string of the molecule is c1ccn(-c2ncnc3ccsc23)c1. The summed E-state index contributed by atoms with van der Waals surface area (Å²) in [5, 5.41) is 2.03. The molecule has 68 valence electrons. The van der Waals surface area contributed by atoms with E-state index in [2.05, 4.69) is 9.97 Å². The van der Waals surface area contributed by atoms with E-state index in [1.165, 1.54) is 0 Å². The summed E-state index contributed by atoms with van der Waals surface area (Å²) in [5.74, 6) is 0.954. The van der Waals surface area contributed by atoms with Crippen molar-refractivity contribution < 1.29 is 0 Å². The highest BCUT2D eigenvalue weighted by molar-refractivity contribution is 7.17. The van der Waals surface area contributed by atoms with Crippen molar-refractivity contribution in [3.8, 4) is 5.82 Å². The maximum Gasteiger partial charge on any atom is 0.158 e. The molecule has 0 N–H and O–H groups in total. The molecular formula is C10H7N3S. The molecule has 0 amide bonds. The lowest BCUT2D eigenvalue weighted by atomic mass is 10.4. The summed E-state index contributed by atoms with van der Waals surface area (Å²) in [5.41, 5.74) is 1.01. The van der Waals surface area contributed by atoms with Crippen molar-refractivity contribution in [2.75, 3.05) is 0 Å². The third kappa shape index (κ3) is 1.04. The zero-order valence-electron chi connectivity index (χ0n) is 7.29. The van der Waals surface area contributed by atoms with E-state index in [0.29, 0.717) is 0 Å². The first kappa shape index (κ1) is 7.70. The van der Waals surface area contributed by atoms with Crippen LogP contribution in [0, 0.1) is 0 Å². The Balaban J connectivity index is 2.36. The maximum atomic E-state index is 4.28. The van der Waals surface area contributed by atoms with Crippen LogP contribution in [-0.2, 0) is 0 Å². The predicted molar refractivity (Wildman–Crippen MR) is 56.7 cm³/mol. The van der Waals surface area contributed by atoms with Gasteiger partial charge in [-0.15, -0.1) is 11.3 Å². The van der Waals surface area contributed by atoms with Crippen molar-refractivity contribution >= 4 is 21.6 Å². The van der Waals surface area contributed by atoms with Gasteiger partial charge in [0.1, 0.15) is 6.33 Å². The molecule has 0 aromatic carbocycles. The third-order valence-electron chi connectivity index (χ3n) is 2.07. The summed E-state index contributed by atoms with van der Waals surface area (Å²) < 4.78 is 3.13. The number of rotatable bonds is 1. The summed E-state index contributed by atoms with van der Waals surface area (Å²) >= 11 is 1.67. The Bertz CT molecular complexity index is 554. The molecule has 3 heterocycles. The fourth-order valence-corrected chi connectivity index (χ4v) is 2.27. The molecule has 3 nitrogen and oxygen atoms in total. The molecule has 14 heavy (non-hydrogen) atoms. The molecule has 4 heteroatoms. The van der Waals surface area contributed by atoms with Gasteiger partial charge in [0.2, 0.25) is 0 Å². The fourth-order valence-electron chi connectivity index (χ4n) is 1.44. The van der Waals surface area contributed by atoms with Crippen LogP contribution in [0.1, 0.15) is 0 Å². The molecule has 0 fully saturated rings. The highest BCUT2D eigenvalue weighted by Crippen LogP contribution is 2.23. The van der Waals surface area contributed by atoms with Crippen molar-refractivity contribution in [2.24, 2.45) is 0 Å². The standard InChI is InChI=1S/C10H7N3S/c1-2-5-13(4-1)10-9-8(3-6-14-9)11-7-12-10/h1-7H. The first-order valence-electron chi connectivity index (χ1n) is 4.27. The molecule has 0 aliphatic rings. The molecular weight excluding hydrogens is 194 g/mol. The number of hydrogen-bond donors (Lipinski definition) is 0. The summed E-state index contributed by atoms with van der Waals surface area (Å²) in [6.07, 6.45) is 5.58. The Morgan fingerprint density at radius 2 is 2.00 bits per heavy atom. The third-order valence-corrected chi connectivity index (χ3v) is 2.97. The van der Waals surface area contributed by atoms with Crippen LogP contribution in [0.4, 0.5) is 0 Å². The van der Waals surface area contributed by atoms with Gasteiger partial charge in [-0.05, 0) is 23.6 Å². The molecule has 3 aromatic heterocycles.